The molecule has 0 saturated carbocycles. The molecular formula is C11H22N2. The van der Waals surface area contributed by atoms with Gasteiger partial charge >= 0.3 is 0 Å². The molecule has 0 saturated heterocycles. The molecule has 0 aromatic carbocycles. The van der Waals surface area contributed by atoms with Gasteiger partial charge in [-0.1, -0.05) is 0 Å². The van der Waals surface area contributed by atoms with Gasteiger partial charge in [-0.05, 0) is 47.6 Å². The van der Waals surface area contributed by atoms with Gasteiger partial charge < -0.3 is 5.32 Å². The van der Waals surface area contributed by atoms with Gasteiger partial charge in [-0.25, -0.2) is 0 Å². The van der Waals surface area contributed by atoms with Crippen molar-refractivity contribution in [2.24, 2.45) is 4.99 Å². The fourth-order valence-electron chi connectivity index (χ4n) is 1.25. The Labute approximate surface area is 82.1 Å². The van der Waals surface area contributed by atoms with E-state index in [9.17, 15) is 0 Å². The largest absolute Gasteiger partial charge is 0.386 e. The molecule has 0 amide bonds. The molecule has 0 heterocycles. The minimum atomic E-state index is 0.378. The fraction of sp³-hybridized carbons (Fsp3) is 0.727. The van der Waals surface area contributed by atoms with Crippen molar-refractivity contribution in [3.05, 3.63) is 11.8 Å². The summed E-state index contributed by atoms with van der Waals surface area (Å²) in [6.07, 6.45) is 2.08. The summed E-state index contributed by atoms with van der Waals surface area (Å²) in [5, 5.41) is 3.33. The van der Waals surface area contributed by atoms with E-state index in [0.717, 1.165) is 5.71 Å². The van der Waals surface area contributed by atoms with Crippen LogP contribution in [0.3, 0.4) is 0 Å². The van der Waals surface area contributed by atoms with E-state index in [1.54, 1.807) is 0 Å². The molecule has 0 aliphatic carbocycles. The Bertz CT molecular complexity index is 200. The summed E-state index contributed by atoms with van der Waals surface area (Å²) in [4.78, 5) is 4.42. The van der Waals surface area contributed by atoms with Crippen molar-refractivity contribution < 1.29 is 0 Å². The molecule has 0 atom stereocenters. The molecule has 0 unspecified atom stereocenters. The average Bonchev–Trinajstić information content (AvgIpc) is 1.80. The van der Waals surface area contributed by atoms with Crippen LogP contribution in [0.5, 0.6) is 0 Å². The van der Waals surface area contributed by atoms with Crippen LogP contribution in [0.15, 0.2) is 16.8 Å². The Morgan fingerprint density at radius 2 is 1.69 bits per heavy atom. The van der Waals surface area contributed by atoms with Crippen molar-refractivity contribution >= 4 is 5.71 Å². The predicted molar refractivity (Wildman–Crippen MR) is 60.3 cm³/mol. The van der Waals surface area contributed by atoms with E-state index in [2.05, 4.69) is 51.0 Å². The van der Waals surface area contributed by atoms with Gasteiger partial charge in [0, 0.05) is 23.5 Å². The Kier molecular flexibility index (Phi) is 5.44. The Morgan fingerprint density at radius 1 is 1.15 bits per heavy atom. The van der Waals surface area contributed by atoms with E-state index in [1.807, 2.05) is 6.92 Å². The van der Waals surface area contributed by atoms with Crippen molar-refractivity contribution in [1.82, 2.24) is 5.32 Å². The molecule has 13 heavy (non-hydrogen) atoms. The van der Waals surface area contributed by atoms with Crippen LogP contribution in [-0.4, -0.2) is 17.8 Å². The van der Waals surface area contributed by atoms with Crippen molar-refractivity contribution in [1.29, 1.82) is 0 Å². The van der Waals surface area contributed by atoms with Gasteiger partial charge in [0.05, 0.1) is 0 Å². The smallest absolute Gasteiger partial charge is 0.0446 e. The third kappa shape index (κ3) is 7.57. The number of rotatable bonds is 4. The van der Waals surface area contributed by atoms with E-state index < -0.39 is 0 Å². The predicted octanol–water partition coefficient (Wildman–Crippen LogP) is 2.76. The van der Waals surface area contributed by atoms with Crippen LogP contribution in [0.25, 0.3) is 0 Å². The Morgan fingerprint density at radius 3 is 2.08 bits per heavy atom. The van der Waals surface area contributed by atoms with E-state index in [4.69, 9.17) is 0 Å². The lowest BCUT2D eigenvalue weighted by Crippen LogP contribution is -2.20. The summed E-state index contributed by atoms with van der Waals surface area (Å²) < 4.78 is 0. The van der Waals surface area contributed by atoms with Crippen molar-refractivity contribution in [3.63, 3.8) is 0 Å². The van der Waals surface area contributed by atoms with Gasteiger partial charge in [0.2, 0.25) is 0 Å². The third-order valence-electron chi connectivity index (χ3n) is 1.40. The molecule has 1 N–H and O–H groups in total. The van der Waals surface area contributed by atoms with E-state index in [0.29, 0.717) is 12.1 Å². The standard InChI is InChI=1S/C11H22N2/c1-8(2)12-10(5)7-11(6)13-9(3)4/h7-9,12H,1-6H3/b10-7-,13-11?. The first-order valence-corrected chi connectivity index (χ1v) is 4.91. The van der Waals surface area contributed by atoms with Gasteiger partial charge in [-0.15, -0.1) is 0 Å². The Balaban J connectivity index is 4.21. The first-order chi connectivity index (χ1) is 5.91. The molecule has 0 aliphatic heterocycles. The molecule has 0 fully saturated rings. The highest BCUT2D eigenvalue weighted by Gasteiger charge is 1.94. The molecular weight excluding hydrogens is 160 g/mol. The number of hydrogen-bond donors (Lipinski definition) is 1. The van der Waals surface area contributed by atoms with E-state index in [1.165, 1.54) is 5.70 Å². The zero-order chi connectivity index (χ0) is 10.4. The van der Waals surface area contributed by atoms with Crippen LogP contribution < -0.4 is 5.32 Å². The van der Waals surface area contributed by atoms with Crippen LogP contribution in [-0.2, 0) is 0 Å². The molecule has 76 valence electrons. The van der Waals surface area contributed by atoms with Crippen LogP contribution in [0.4, 0.5) is 0 Å². The summed E-state index contributed by atoms with van der Waals surface area (Å²) in [5.41, 5.74) is 2.26. The molecule has 0 aromatic rings. The zero-order valence-corrected chi connectivity index (χ0v) is 9.68. The van der Waals surface area contributed by atoms with Crippen LogP contribution in [0.2, 0.25) is 0 Å². The zero-order valence-electron chi connectivity index (χ0n) is 9.68. The van der Waals surface area contributed by atoms with Crippen LogP contribution in [0.1, 0.15) is 41.5 Å². The van der Waals surface area contributed by atoms with Gasteiger partial charge in [0.15, 0.2) is 0 Å². The summed E-state index contributed by atoms with van der Waals surface area (Å²) in [7, 11) is 0. The fourth-order valence-corrected chi connectivity index (χ4v) is 1.25. The maximum atomic E-state index is 4.42. The topological polar surface area (TPSA) is 24.4 Å². The quantitative estimate of drug-likeness (QED) is 0.664. The first kappa shape index (κ1) is 12.2. The number of nitrogens with zero attached hydrogens (tertiary/aromatic N) is 1. The van der Waals surface area contributed by atoms with Gasteiger partial charge in [-0.3, -0.25) is 4.99 Å². The maximum Gasteiger partial charge on any atom is 0.0446 e. The summed E-state index contributed by atoms with van der Waals surface area (Å²) in [5.74, 6) is 0. The molecule has 0 spiro atoms. The van der Waals surface area contributed by atoms with Gasteiger partial charge in [0.25, 0.3) is 0 Å². The molecule has 0 aromatic heterocycles. The lowest BCUT2D eigenvalue weighted by molar-refractivity contribution is 0.670. The monoisotopic (exact) mass is 182 g/mol. The highest BCUT2D eigenvalue weighted by Crippen LogP contribution is 1.95. The molecule has 2 nitrogen and oxygen atoms in total. The third-order valence-corrected chi connectivity index (χ3v) is 1.40. The van der Waals surface area contributed by atoms with Crippen molar-refractivity contribution in [2.75, 3.05) is 0 Å². The molecule has 0 aliphatic rings. The summed E-state index contributed by atoms with van der Waals surface area (Å²) in [6.45, 7) is 12.5. The van der Waals surface area contributed by atoms with Crippen LogP contribution in [0, 0.1) is 0 Å². The van der Waals surface area contributed by atoms with Gasteiger partial charge in [-0.2, -0.15) is 0 Å². The summed E-state index contributed by atoms with van der Waals surface area (Å²) in [6, 6.07) is 0.867. The lowest BCUT2D eigenvalue weighted by Gasteiger charge is -2.09. The number of nitrogens with one attached hydrogen (secondary N) is 1. The Hall–Kier alpha value is -0.790. The maximum absolute atomic E-state index is 4.42. The second-order valence-corrected chi connectivity index (χ2v) is 3.99. The SMILES string of the molecule is CC(/C=C(/C)NC(C)C)=NC(C)C. The lowest BCUT2D eigenvalue weighted by atomic mass is 10.3. The van der Waals surface area contributed by atoms with Gasteiger partial charge in [0.1, 0.15) is 0 Å². The van der Waals surface area contributed by atoms with Crippen LogP contribution >= 0.6 is 0 Å². The minimum Gasteiger partial charge on any atom is -0.386 e. The second kappa shape index (κ2) is 5.79. The molecule has 0 bridgehead atoms. The second-order valence-electron chi connectivity index (χ2n) is 3.99. The van der Waals surface area contributed by atoms with Crippen molar-refractivity contribution in [2.45, 2.75) is 53.6 Å². The molecule has 0 radical (unpaired) electrons. The summed E-state index contributed by atoms with van der Waals surface area (Å²) >= 11 is 0. The number of allylic oxidation sites excluding steroid dienone is 2. The minimum absolute atomic E-state index is 0.378. The number of aliphatic imine (C=N–C) groups is 1. The average molecular weight is 182 g/mol. The van der Waals surface area contributed by atoms with E-state index >= 15 is 0 Å². The normalized spacial score (nSPS) is 14.2. The highest BCUT2D eigenvalue weighted by molar-refractivity contribution is 5.93. The first-order valence-electron chi connectivity index (χ1n) is 4.91. The molecule has 2 heteroatoms. The van der Waals surface area contributed by atoms with Crippen molar-refractivity contribution in [3.8, 4) is 0 Å². The molecule has 0 rings (SSSR count). The van der Waals surface area contributed by atoms with E-state index in [-0.39, 0.29) is 0 Å². The number of hydrogen-bond acceptors (Lipinski definition) is 2. The highest BCUT2D eigenvalue weighted by atomic mass is 14.9.